The van der Waals surface area contributed by atoms with Crippen LogP contribution in [0.15, 0.2) is 36.4 Å². The van der Waals surface area contributed by atoms with Crippen molar-refractivity contribution in [3.8, 4) is 17.2 Å². The highest BCUT2D eigenvalue weighted by atomic mass is 16.5. The average molecular weight is 453 g/mol. The minimum Gasteiger partial charge on any atom is -0.496 e. The normalized spacial score (nSPS) is 21.8. The first kappa shape index (κ1) is 23.0. The molecule has 3 atom stereocenters. The molecule has 0 aromatic heterocycles. The van der Waals surface area contributed by atoms with Crippen LogP contribution in [0.5, 0.6) is 17.2 Å². The summed E-state index contributed by atoms with van der Waals surface area (Å²) in [6.07, 6.45) is 4.84. The van der Waals surface area contributed by atoms with Crippen molar-refractivity contribution in [1.82, 2.24) is 4.90 Å². The summed E-state index contributed by atoms with van der Waals surface area (Å²) in [6, 6.07) is 10.3. The number of carbonyl (C=O) groups excluding carboxylic acids is 2. The van der Waals surface area contributed by atoms with Gasteiger partial charge in [0, 0.05) is 17.8 Å². The average Bonchev–Trinajstić information content (AvgIpc) is 3.24. The molecule has 1 heterocycles. The first-order chi connectivity index (χ1) is 16.0. The Bertz CT molecular complexity index is 1040. The van der Waals surface area contributed by atoms with Crippen LogP contribution in [0.1, 0.15) is 48.0 Å². The van der Waals surface area contributed by atoms with Crippen LogP contribution in [0.25, 0.3) is 0 Å². The number of methoxy groups -OCH3 is 3. The number of rotatable bonds is 6. The third-order valence-corrected chi connectivity index (χ3v) is 6.95. The summed E-state index contributed by atoms with van der Waals surface area (Å²) in [7, 11) is 4.70. The number of anilines is 1. The topological polar surface area (TPSA) is 77.1 Å². The molecule has 4 rings (SSSR count). The van der Waals surface area contributed by atoms with Crippen LogP contribution >= 0.6 is 0 Å². The fraction of sp³-hybridized carbons (Fsp3) is 0.462. The van der Waals surface area contributed by atoms with Gasteiger partial charge in [-0.3, -0.25) is 9.59 Å². The predicted octanol–water partition coefficient (Wildman–Crippen LogP) is 4.43. The van der Waals surface area contributed by atoms with Crippen molar-refractivity contribution in [2.24, 2.45) is 5.92 Å². The smallest absolute Gasteiger partial charge is 0.258 e. The summed E-state index contributed by atoms with van der Waals surface area (Å²) in [5.74, 6) is 1.68. The standard InChI is InChI=1S/C26H32N2O5/c1-16-13-23(32-3)24(33-4)15-19(16)27-25(29)21-14-17-9-5-7-11-20(17)28(21)26(30)18-10-6-8-12-22(18)31-2/h6,8,10,12-13,15,17,20-21H,5,7,9,11,14H2,1-4H3,(H,27,29). The third kappa shape index (κ3) is 4.36. The molecule has 1 saturated carbocycles. The molecule has 2 aliphatic rings. The summed E-state index contributed by atoms with van der Waals surface area (Å²) in [4.78, 5) is 29.1. The minimum absolute atomic E-state index is 0.0680. The SMILES string of the molecule is COc1cc(C)c(NC(=O)C2CC3CCCCC3N2C(=O)c2ccccc2OC)cc1OC. The number of hydrogen-bond donors (Lipinski definition) is 1. The van der Waals surface area contributed by atoms with Crippen molar-refractivity contribution in [3.05, 3.63) is 47.5 Å². The lowest BCUT2D eigenvalue weighted by molar-refractivity contribution is -0.120. The van der Waals surface area contributed by atoms with Crippen molar-refractivity contribution in [1.29, 1.82) is 0 Å². The van der Waals surface area contributed by atoms with Crippen LogP contribution in [0.4, 0.5) is 5.69 Å². The monoisotopic (exact) mass is 452 g/mol. The van der Waals surface area contributed by atoms with Crippen LogP contribution in [-0.2, 0) is 4.79 Å². The summed E-state index contributed by atoms with van der Waals surface area (Å²) in [6.45, 7) is 1.91. The summed E-state index contributed by atoms with van der Waals surface area (Å²) >= 11 is 0. The number of nitrogens with zero attached hydrogens (tertiary/aromatic N) is 1. The van der Waals surface area contributed by atoms with E-state index < -0.39 is 6.04 Å². The molecule has 2 fully saturated rings. The number of nitrogens with one attached hydrogen (secondary N) is 1. The number of ether oxygens (including phenoxy) is 3. The van der Waals surface area contributed by atoms with Crippen LogP contribution in [0.2, 0.25) is 0 Å². The second-order valence-corrected chi connectivity index (χ2v) is 8.79. The third-order valence-electron chi connectivity index (χ3n) is 6.95. The molecule has 176 valence electrons. The summed E-state index contributed by atoms with van der Waals surface area (Å²) in [5, 5.41) is 3.05. The second-order valence-electron chi connectivity index (χ2n) is 8.79. The van der Waals surface area contributed by atoms with E-state index in [-0.39, 0.29) is 17.9 Å². The zero-order valence-corrected chi connectivity index (χ0v) is 19.7. The summed E-state index contributed by atoms with van der Waals surface area (Å²) < 4.78 is 16.2. The molecule has 2 amide bonds. The number of fused-ring (bicyclic) bond motifs is 1. The van der Waals surface area contributed by atoms with Gasteiger partial charge in [0.15, 0.2) is 11.5 Å². The van der Waals surface area contributed by atoms with Crippen molar-refractivity contribution >= 4 is 17.5 Å². The van der Waals surface area contributed by atoms with Gasteiger partial charge >= 0.3 is 0 Å². The Hall–Kier alpha value is -3.22. The Morgan fingerprint density at radius 2 is 1.61 bits per heavy atom. The van der Waals surface area contributed by atoms with Crippen LogP contribution in [0, 0.1) is 12.8 Å². The minimum atomic E-state index is -0.539. The quantitative estimate of drug-likeness (QED) is 0.702. The molecule has 1 aliphatic heterocycles. The van der Waals surface area contributed by atoms with Crippen LogP contribution < -0.4 is 19.5 Å². The van der Waals surface area contributed by atoms with E-state index in [4.69, 9.17) is 14.2 Å². The molecule has 1 N–H and O–H groups in total. The van der Waals surface area contributed by atoms with E-state index in [2.05, 4.69) is 5.32 Å². The van der Waals surface area contributed by atoms with Crippen LogP contribution in [-0.4, -0.2) is 50.1 Å². The summed E-state index contributed by atoms with van der Waals surface area (Å²) in [5.41, 5.74) is 2.00. The maximum Gasteiger partial charge on any atom is 0.258 e. The van der Waals surface area contributed by atoms with E-state index in [1.54, 1.807) is 39.5 Å². The molecule has 0 spiro atoms. The van der Waals surface area contributed by atoms with Gasteiger partial charge in [-0.15, -0.1) is 0 Å². The van der Waals surface area contributed by atoms with E-state index in [0.717, 1.165) is 31.2 Å². The Labute approximate surface area is 195 Å². The molecule has 2 aromatic rings. The van der Waals surface area contributed by atoms with Crippen molar-refractivity contribution in [3.63, 3.8) is 0 Å². The van der Waals surface area contributed by atoms with E-state index in [1.165, 1.54) is 0 Å². The van der Waals surface area contributed by atoms with Gasteiger partial charge in [-0.05, 0) is 55.9 Å². The molecule has 0 radical (unpaired) electrons. The van der Waals surface area contributed by atoms with Gasteiger partial charge in [-0.2, -0.15) is 0 Å². The van der Waals surface area contributed by atoms with E-state index in [1.807, 2.05) is 30.0 Å². The number of hydrogen-bond acceptors (Lipinski definition) is 5. The molecule has 7 heteroatoms. The van der Waals surface area contributed by atoms with Crippen LogP contribution in [0.3, 0.4) is 0 Å². The number of likely N-dealkylation sites (tertiary alicyclic amines) is 1. The predicted molar refractivity (Wildman–Crippen MR) is 126 cm³/mol. The van der Waals surface area contributed by atoms with E-state index in [0.29, 0.717) is 40.8 Å². The van der Waals surface area contributed by atoms with Gasteiger partial charge in [-0.25, -0.2) is 0 Å². The molecule has 33 heavy (non-hydrogen) atoms. The molecular weight excluding hydrogens is 420 g/mol. The number of carbonyl (C=O) groups is 2. The number of benzene rings is 2. The Balaban J connectivity index is 1.65. The fourth-order valence-corrected chi connectivity index (χ4v) is 5.28. The number of amides is 2. The fourth-order valence-electron chi connectivity index (χ4n) is 5.28. The molecule has 3 unspecified atom stereocenters. The number of para-hydroxylation sites is 1. The van der Waals surface area contributed by atoms with E-state index in [9.17, 15) is 9.59 Å². The van der Waals surface area contributed by atoms with Crippen molar-refractivity contribution in [2.75, 3.05) is 26.6 Å². The zero-order chi connectivity index (χ0) is 23.5. The highest BCUT2D eigenvalue weighted by molar-refractivity contribution is 6.03. The van der Waals surface area contributed by atoms with Crippen molar-refractivity contribution in [2.45, 2.75) is 51.1 Å². The van der Waals surface area contributed by atoms with Gasteiger partial charge in [0.05, 0.1) is 26.9 Å². The highest BCUT2D eigenvalue weighted by Gasteiger charge is 2.48. The van der Waals surface area contributed by atoms with Gasteiger partial charge in [0.2, 0.25) is 5.91 Å². The number of aryl methyl sites for hydroxylation is 1. The van der Waals surface area contributed by atoms with Gasteiger partial charge in [0.25, 0.3) is 5.91 Å². The lowest BCUT2D eigenvalue weighted by atomic mass is 9.84. The Morgan fingerprint density at radius 1 is 0.939 bits per heavy atom. The second kappa shape index (κ2) is 9.73. The maximum atomic E-state index is 13.7. The maximum absolute atomic E-state index is 13.7. The van der Waals surface area contributed by atoms with Gasteiger partial charge < -0.3 is 24.4 Å². The largest absolute Gasteiger partial charge is 0.496 e. The zero-order valence-electron chi connectivity index (χ0n) is 19.7. The van der Waals surface area contributed by atoms with Crippen molar-refractivity contribution < 1.29 is 23.8 Å². The Kier molecular flexibility index (Phi) is 6.77. The van der Waals surface area contributed by atoms with Gasteiger partial charge in [0.1, 0.15) is 11.8 Å². The lowest BCUT2D eigenvalue weighted by Gasteiger charge is -2.34. The first-order valence-corrected chi connectivity index (χ1v) is 11.5. The lowest BCUT2D eigenvalue weighted by Crippen LogP contribution is -2.48. The van der Waals surface area contributed by atoms with Gasteiger partial charge in [-0.1, -0.05) is 25.0 Å². The molecule has 1 aliphatic carbocycles. The molecule has 1 saturated heterocycles. The molecule has 7 nitrogen and oxygen atoms in total. The molecule has 2 aromatic carbocycles. The van der Waals surface area contributed by atoms with E-state index >= 15 is 0 Å². The highest BCUT2D eigenvalue weighted by Crippen LogP contribution is 2.42. The first-order valence-electron chi connectivity index (χ1n) is 11.5. The molecular formula is C26H32N2O5. The molecule has 0 bridgehead atoms. The Morgan fingerprint density at radius 3 is 2.33 bits per heavy atom.